The number of azide groups is 1. The van der Waals surface area contributed by atoms with E-state index >= 15 is 0 Å². The smallest absolute Gasteiger partial charge is 0.306 e. The number of nitrogens with zero attached hydrogens (tertiary/aromatic N) is 3. The van der Waals surface area contributed by atoms with Crippen LogP contribution in [0.25, 0.3) is 10.4 Å². The van der Waals surface area contributed by atoms with Crippen molar-refractivity contribution in [1.29, 1.82) is 0 Å². The molecule has 0 aliphatic carbocycles. The van der Waals surface area contributed by atoms with Gasteiger partial charge in [0.25, 0.3) is 0 Å². The summed E-state index contributed by atoms with van der Waals surface area (Å²) in [7, 11) is 0. The van der Waals surface area contributed by atoms with Gasteiger partial charge in [-0.2, -0.15) is 0 Å². The second kappa shape index (κ2) is 37.0. The maximum absolute atomic E-state index is 13.6. The molecule has 8 atom stereocenters. The molecule has 1 aliphatic rings. The fraction of sp³-hybridized carbons (Fsp3) is 0.456. The van der Waals surface area contributed by atoms with Gasteiger partial charge in [-0.05, 0) is 51.8 Å². The van der Waals surface area contributed by atoms with Crippen LogP contribution in [0.5, 0.6) is 0 Å². The van der Waals surface area contributed by atoms with Crippen molar-refractivity contribution in [2.75, 3.05) is 13.2 Å². The van der Waals surface area contributed by atoms with Gasteiger partial charge < -0.3 is 37.9 Å². The lowest BCUT2D eigenvalue weighted by Gasteiger charge is -2.46. The molecule has 12 nitrogen and oxygen atoms in total. The Bertz CT molecular complexity index is 2580. The van der Waals surface area contributed by atoms with Gasteiger partial charge in [0.05, 0.1) is 57.9 Å². The maximum Gasteiger partial charge on any atom is 0.306 e. The molecule has 1 fully saturated rings. The minimum absolute atomic E-state index is 0.131. The van der Waals surface area contributed by atoms with Crippen LogP contribution in [0.3, 0.4) is 0 Å². The maximum atomic E-state index is 13.6. The predicted molar refractivity (Wildman–Crippen MR) is 314 cm³/mol. The standard InChI is InChI=1S/C68H85N3O9/c1-2-3-4-5-6-7-8-9-10-11-12-31-44-61(73-47-55-34-21-14-22-35-55)64(75-48-56-36-23-15-24-37-56)60(70-71-69)52-79-68-67(78-51-59-42-29-18-30-43-59)66(77-50-58-40-27-17-28-41-58)65(76-49-57-38-25-16-26-39-57)62(80-68)53-74-63(72)46-45-54-32-19-13-20-33-54/h13-30,32-43,60-62,64-68H,2-12,31,44-53H2,1H3/t60-,61+,62+,64-,65-,66-,67+,68-/m0/s1. The first kappa shape index (κ1) is 61.4. The minimum Gasteiger partial charge on any atom is -0.463 e. The third-order valence-corrected chi connectivity index (χ3v) is 14.6. The lowest BCUT2D eigenvalue weighted by molar-refractivity contribution is -0.328. The number of hydrogen-bond acceptors (Lipinski definition) is 10. The molecule has 6 aromatic rings. The van der Waals surface area contributed by atoms with Gasteiger partial charge in [0.2, 0.25) is 0 Å². The van der Waals surface area contributed by atoms with Crippen LogP contribution in [0.15, 0.2) is 187 Å². The number of carbonyl (C=O) groups excluding carboxylic acids is 1. The molecular formula is C68H85N3O9. The average molecular weight is 1090 g/mol. The van der Waals surface area contributed by atoms with E-state index in [1.807, 2.05) is 170 Å². The third kappa shape index (κ3) is 22.4. The third-order valence-electron chi connectivity index (χ3n) is 14.6. The fourth-order valence-electron chi connectivity index (χ4n) is 10.1. The Balaban J connectivity index is 1.17. The van der Waals surface area contributed by atoms with Crippen LogP contribution < -0.4 is 0 Å². The highest BCUT2D eigenvalue weighted by molar-refractivity contribution is 5.69. The second-order valence-corrected chi connectivity index (χ2v) is 20.9. The summed E-state index contributed by atoms with van der Waals surface area (Å²) in [5, 5.41) is 4.45. The fourth-order valence-corrected chi connectivity index (χ4v) is 10.1. The van der Waals surface area contributed by atoms with Crippen LogP contribution in [0.1, 0.15) is 130 Å². The Morgan fingerprint density at radius 2 is 0.912 bits per heavy atom. The van der Waals surface area contributed by atoms with E-state index in [4.69, 9.17) is 37.9 Å². The van der Waals surface area contributed by atoms with Gasteiger partial charge in [0.15, 0.2) is 6.29 Å². The zero-order valence-corrected chi connectivity index (χ0v) is 47.0. The Kier molecular flexibility index (Phi) is 28.4. The topological polar surface area (TPSA) is 140 Å². The van der Waals surface area contributed by atoms with Crippen molar-refractivity contribution in [3.05, 3.63) is 226 Å². The van der Waals surface area contributed by atoms with Crippen LogP contribution in [-0.2, 0) is 82.1 Å². The molecule has 0 aromatic heterocycles. The second-order valence-electron chi connectivity index (χ2n) is 20.9. The molecule has 426 valence electrons. The molecule has 6 aromatic carbocycles. The first-order valence-corrected chi connectivity index (χ1v) is 29.3. The number of aryl methyl sites for hydroxylation is 1. The first-order valence-electron chi connectivity index (χ1n) is 29.3. The van der Waals surface area contributed by atoms with Crippen LogP contribution in [0.2, 0.25) is 0 Å². The first-order chi connectivity index (χ1) is 39.6. The van der Waals surface area contributed by atoms with Crippen molar-refractivity contribution in [2.45, 2.75) is 185 Å². The highest BCUT2D eigenvalue weighted by atomic mass is 16.7. The molecule has 1 saturated heterocycles. The average Bonchev–Trinajstić information content (AvgIpc) is 3.55. The summed E-state index contributed by atoms with van der Waals surface area (Å²) in [6, 6.07) is 58.8. The summed E-state index contributed by atoms with van der Waals surface area (Å²) in [5.74, 6) is -0.377. The minimum atomic E-state index is -1.13. The van der Waals surface area contributed by atoms with E-state index in [9.17, 15) is 10.3 Å². The molecule has 7 rings (SSSR count). The number of esters is 1. The Labute approximate surface area is 476 Å². The van der Waals surface area contributed by atoms with Crippen molar-refractivity contribution < 1.29 is 42.7 Å². The molecule has 0 spiro atoms. The van der Waals surface area contributed by atoms with E-state index in [2.05, 4.69) is 29.1 Å². The van der Waals surface area contributed by atoms with Gasteiger partial charge in [-0.3, -0.25) is 4.79 Å². The molecule has 0 unspecified atom stereocenters. The number of rotatable bonds is 39. The van der Waals surface area contributed by atoms with Gasteiger partial charge in [-0.1, -0.05) is 271 Å². The van der Waals surface area contributed by atoms with E-state index in [0.29, 0.717) is 19.4 Å². The number of benzene rings is 6. The Morgan fingerprint density at radius 3 is 1.39 bits per heavy atom. The molecule has 1 aliphatic heterocycles. The Morgan fingerprint density at radius 1 is 0.500 bits per heavy atom. The van der Waals surface area contributed by atoms with Crippen LogP contribution in [0, 0.1) is 0 Å². The van der Waals surface area contributed by atoms with Crippen molar-refractivity contribution in [1.82, 2.24) is 0 Å². The van der Waals surface area contributed by atoms with E-state index in [-0.39, 0.29) is 52.0 Å². The van der Waals surface area contributed by atoms with Gasteiger partial charge >= 0.3 is 5.97 Å². The summed E-state index contributed by atoms with van der Waals surface area (Å²) >= 11 is 0. The molecule has 0 radical (unpaired) electrons. The number of hydrogen-bond donors (Lipinski definition) is 0. The molecule has 0 bridgehead atoms. The SMILES string of the molecule is CCCCCCCCCCCCCC[C@@H](OCc1ccccc1)[C@@H](OCc1ccccc1)[C@H](CO[C@H]1O[C@H](COC(=O)CCc2ccccc2)[C@H](OCc2ccccc2)[C@H](OCc2ccccc2)[C@H]1OCc1ccccc1)N=[N+]=[N-]. The van der Waals surface area contributed by atoms with Gasteiger partial charge in [0.1, 0.15) is 31.0 Å². The lowest BCUT2D eigenvalue weighted by atomic mass is 9.97. The van der Waals surface area contributed by atoms with Crippen molar-refractivity contribution in [2.24, 2.45) is 5.11 Å². The summed E-state index contributed by atoms with van der Waals surface area (Å²) < 4.78 is 54.6. The van der Waals surface area contributed by atoms with Crippen molar-refractivity contribution >= 4 is 5.97 Å². The van der Waals surface area contributed by atoms with E-state index in [0.717, 1.165) is 52.6 Å². The number of carbonyl (C=O) groups is 1. The van der Waals surface area contributed by atoms with Crippen molar-refractivity contribution in [3.8, 4) is 0 Å². The molecular weight excluding hydrogens is 1000 g/mol. The molecule has 12 heteroatoms. The number of ether oxygens (including phenoxy) is 8. The summed E-state index contributed by atoms with van der Waals surface area (Å²) in [6.07, 6.45) is 10.4. The molecule has 1 heterocycles. The van der Waals surface area contributed by atoms with Crippen LogP contribution in [0.4, 0.5) is 0 Å². The highest BCUT2D eigenvalue weighted by Gasteiger charge is 2.50. The quantitative estimate of drug-likeness (QED) is 0.0121. The highest BCUT2D eigenvalue weighted by Crippen LogP contribution is 2.33. The van der Waals surface area contributed by atoms with Crippen LogP contribution >= 0.6 is 0 Å². The molecule has 0 N–H and O–H groups in total. The largest absolute Gasteiger partial charge is 0.463 e. The zero-order valence-electron chi connectivity index (χ0n) is 47.0. The zero-order chi connectivity index (χ0) is 55.5. The van der Waals surface area contributed by atoms with Crippen LogP contribution in [-0.4, -0.2) is 68.1 Å². The predicted octanol–water partition coefficient (Wildman–Crippen LogP) is 15.6. The van der Waals surface area contributed by atoms with E-state index in [1.54, 1.807) is 0 Å². The monoisotopic (exact) mass is 1090 g/mol. The normalized spacial score (nSPS) is 18.2. The van der Waals surface area contributed by atoms with E-state index < -0.39 is 49.0 Å². The summed E-state index contributed by atoms with van der Waals surface area (Å²) in [5.41, 5.74) is 16.3. The van der Waals surface area contributed by atoms with E-state index in [1.165, 1.54) is 57.8 Å². The van der Waals surface area contributed by atoms with Gasteiger partial charge in [-0.25, -0.2) is 0 Å². The van der Waals surface area contributed by atoms with Gasteiger partial charge in [-0.15, -0.1) is 0 Å². The van der Waals surface area contributed by atoms with Gasteiger partial charge in [0, 0.05) is 11.3 Å². The summed E-state index contributed by atoms with van der Waals surface area (Å²) in [6.45, 7) is 3.21. The molecule has 80 heavy (non-hydrogen) atoms. The lowest BCUT2D eigenvalue weighted by Crippen LogP contribution is -2.62. The Hall–Kier alpha value is -6.18. The van der Waals surface area contributed by atoms with Crippen molar-refractivity contribution in [3.63, 3.8) is 0 Å². The summed E-state index contributed by atoms with van der Waals surface area (Å²) in [4.78, 5) is 17.0. The molecule has 0 saturated carbocycles. The number of unbranched alkanes of at least 4 members (excludes halogenated alkanes) is 11. The molecule has 0 amide bonds.